The summed E-state index contributed by atoms with van der Waals surface area (Å²) in [6.45, 7) is 2.19. The van der Waals surface area contributed by atoms with Crippen molar-refractivity contribution in [3.8, 4) is 0 Å². The zero-order chi connectivity index (χ0) is 12.5. The van der Waals surface area contributed by atoms with E-state index in [1.807, 2.05) is 12.2 Å². The van der Waals surface area contributed by atoms with Crippen LogP contribution < -0.4 is 0 Å². The molecule has 1 saturated carbocycles. The topological polar surface area (TPSA) is 34.1 Å². The van der Waals surface area contributed by atoms with Gasteiger partial charge in [-0.1, -0.05) is 38.0 Å². The van der Waals surface area contributed by atoms with Crippen molar-refractivity contribution in [3.63, 3.8) is 0 Å². The summed E-state index contributed by atoms with van der Waals surface area (Å²) in [5.74, 6) is 0.385. The second-order valence-electron chi connectivity index (χ2n) is 4.61. The molecule has 0 aromatic heterocycles. The van der Waals surface area contributed by atoms with Crippen molar-refractivity contribution in [2.45, 2.75) is 51.9 Å². The second-order valence-corrected chi connectivity index (χ2v) is 4.61. The molecule has 0 aromatic rings. The van der Waals surface area contributed by atoms with E-state index < -0.39 is 0 Å². The van der Waals surface area contributed by atoms with Gasteiger partial charge in [-0.2, -0.15) is 0 Å². The minimum atomic E-state index is 0.167. The first kappa shape index (κ1) is 13.9. The summed E-state index contributed by atoms with van der Waals surface area (Å²) in [6.07, 6.45) is 13.6. The largest absolute Gasteiger partial charge is 0.303 e. The Balaban J connectivity index is 2.44. The SMILES string of the molecule is CCCCC/C=C/C=C1\C(=O)CC[C@@H]1CC=O. The highest BCUT2D eigenvalue weighted by Crippen LogP contribution is 2.30. The summed E-state index contributed by atoms with van der Waals surface area (Å²) in [7, 11) is 0. The molecule has 2 heteroatoms. The minimum Gasteiger partial charge on any atom is -0.303 e. The molecule has 0 aliphatic heterocycles. The number of carbonyl (C=O) groups is 2. The van der Waals surface area contributed by atoms with Crippen molar-refractivity contribution in [2.24, 2.45) is 5.92 Å². The van der Waals surface area contributed by atoms with Crippen LogP contribution in [0.4, 0.5) is 0 Å². The average Bonchev–Trinajstić information content (AvgIpc) is 2.66. The predicted octanol–water partition coefficient (Wildman–Crippen LogP) is 3.62. The first-order valence-electron chi connectivity index (χ1n) is 6.63. The lowest BCUT2D eigenvalue weighted by molar-refractivity contribution is -0.114. The summed E-state index contributed by atoms with van der Waals surface area (Å²) in [4.78, 5) is 22.1. The standard InChI is InChI=1S/C15H22O2/c1-2-3-4-5-6-7-8-14-13(11-12-16)9-10-15(14)17/h6-8,12-13H,2-5,9-11H2,1H3/b7-6+,14-8-/t13-/m1/s1. The van der Waals surface area contributed by atoms with E-state index in [0.29, 0.717) is 12.8 Å². The molecule has 1 aliphatic rings. The van der Waals surface area contributed by atoms with Crippen molar-refractivity contribution < 1.29 is 9.59 Å². The molecule has 1 rings (SSSR count). The van der Waals surface area contributed by atoms with Gasteiger partial charge in [-0.25, -0.2) is 0 Å². The lowest BCUT2D eigenvalue weighted by Gasteiger charge is -2.04. The number of ketones is 1. The van der Waals surface area contributed by atoms with Crippen LogP contribution in [-0.4, -0.2) is 12.1 Å². The van der Waals surface area contributed by atoms with Crippen LogP contribution in [0, 0.1) is 5.92 Å². The van der Waals surface area contributed by atoms with Gasteiger partial charge in [0, 0.05) is 12.8 Å². The van der Waals surface area contributed by atoms with Crippen molar-refractivity contribution >= 4 is 12.1 Å². The number of allylic oxidation sites excluding steroid dienone is 4. The van der Waals surface area contributed by atoms with Gasteiger partial charge in [-0.05, 0) is 30.8 Å². The third kappa shape index (κ3) is 4.68. The highest BCUT2D eigenvalue weighted by Gasteiger charge is 2.27. The number of carbonyl (C=O) groups excluding carboxylic acids is 2. The zero-order valence-electron chi connectivity index (χ0n) is 10.7. The van der Waals surface area contributed by atoms with Crippen molar-refractivity contribution in [3.05, 3.63) is 23.8 Å². The Bertz CT molecular complexity index is 313. The smallest absolute Gasteiger partial charge is 0.159 e. The van der Waals surface area contributed by atoms with Gasteiger partial charge >= 0.3 is 0 Å². The molecule has 0 bridgehead atoms. The van der Waals surface area contributed by atoms with Gasteiger partial charge in [-0.15, -0.1) is 0 Å². The van der Waals surface area contributed by atoms with E-state index in [9.17, 15) is 9.59 Å². The Hall–Kier alpha value is -1.18. The summed E-state index contributed by atoms with van der Waals surface area (Å²) in [5.41, 5.74) is 0.851. The summed E-state index contributed by atoms with van der Waals surface area (Å²) in [5, 5.41) is 0. The Labute approximate surface area is 104 Å². The van der Waals surface area contributed by atoms with E-state index in [0.717, 1.165) is 24.7 Å². The summed E-state index contributed by atoms with van der Waals surface area (Å²) >= 11 is 0. The number of Topliss-reactive ketones (excluding diaryl/α,β-unsaturated/α-hetero) is 1. The van der Waals surface area contributed by atoms with Gasteiger partial charge in [0.1, 0.15) is 6.29 Å². The zero-order valence-corrected chi connectivity index (χ0v) is 10.7. The van der Waals surface area contributed by atoms with E-state index in [1.54, 1.807) is 0 Å². The van der Waals surface area contributed by atoms with Crippen LogP contribution in [0.2, 0.25) is 0 Å². The molecule has 0 amide bonds. The first-order chi connectivity index (χ1) is 8.29. The van der Waals surface area contributed by atoms with Crippen molar-refractivity contribution in [2.75, 3.05) is 0 Å². The van der Waals surface area contributed by atoms with E-state index in [4.69, 9.17) is 0 Å². The third-order valence-corrected chi connectivity index (χ3v) is 3.25. The fourth-order valence-electron chi connectivity index (χ4n) is 2.20. The number of aldehydes is 1. The van der Waals surface area contributed by atoms with Crippen LogP contribution in [0.3, 0.4) is 0 Å². The van der Waals surface area contributed by atoms with E-state index >= 15 is 0 Å². The molecule has 17 heavy (non-hydrogen) atoms. The maximum atomic E-state index is 11.6. The Morgan fingerprint density at radius 3 is 2.88 bits per heavy atom. The molecule has 0 radical (unpaired) electrons. The van der Waals surface area contributed by atoms with Crippen LogP contribution in [0.5, 0.6) is 0 Å². The maximum absolute atomic E-state index is 11.6. The van der Waals surface area contributed by atoms with Crippen molar-refractivity contribution in [1.82, 2.24) is 0 Å². The third-order valence-electron chi connectivity index (χ3n) is 3.25. The molecule has 1 atom stereocenters. The van der Waals surface area contributed by atoms with Gasteiger partial charge in [0.25, 0.3) is 0 Å². The van der Waals surface area contributed by atoms with Crippen LogP contribution in [-0.2, 0) is 9.59 Å². The van der Waals surface area contributed by atoms with Crippen LogP contribution in [0.25, 0.3) is 0 Å². The highest BCUT2D eigenvalue weighted by atomic mass is 16.1. The van der Waals surface area contributed by atoms with Crippen LogP contribution in [0.1, 0.15) is 51.9 Å². The fraction of sp³-hybridized carbons (Fsp3) is 0.600. The number of hydrogen-bond acceptors (Lipinski definition) is 2. The molecular weight excluding hydrogens is 212 g/mol. The molecule has 1 aliphatic carbocycles. The van der Waals surface area contributed by atoms with Crippen molar-refractivity contribution in [1.29, 1.82) is 0 Å². The molecule has 0 spiro atoms. The van der Waals surface area contributed by atoms with Crippen LogP contribution >= 0.6 is 0 Å². The highest BCUT2D eigenvalue weighted by molar-refractivity contribution is 5.98. The molecule has 1 fully saturated rings. The molecule has 0 N–H and O–H groups in total. The number of rotatable bonds is 7. The molecule has 0 aromatic carbocycles. The lowest BCUT2D eigenvalue weighted by Crippen LogP contribution is -2.01. The van der Waals surface area contributed by atoms with Gasteiger partial charge in [-0.3, -0.25) is 4.79 Å². The Morgan fingerprint density at radius 1 is 1.35 bits per heavy atom. The monoisotopic (exact) mass is 234 g/mol. The number of unbranched alkanes of at least 4 members (excludes halogenated alkanes) is 3. The predicted molar refractivity (Wildman–Crippen MR) is 69.8 cm³/mol. The Morgan fingerprint density at radius 2 is 2.18 bits per heavy atom. The first-order valence-corrected chi connectivity index (χ1v) is 6.63. The molecule has 0 heterocycles. The molecule has 2 nitrogen and oxygen atoms in total. The van der Waals surface area contributed by atoms with Gasteiger partial charge in [0.15, 0.2) is 5.78 Å². The average molecular weight is 234 g/mol. The molecule has 94 valence electrons. The Kier molecular flexibility index (Phi) is 6.53. The van der Waals surface area contributed by atoms with E-state index in [2.05, 4.69) is 13.0 Å². The van der Waals surface area contributed by atoms with Crippen LogP contribution in [0.15, 0.2) is 23.8 Å². The van der Waals surface area contributed by atoms with E-state index in [-0.39, 0.29) is 11.7 Å². The van der Waals surface area contributed by atoms with Gasteiger partial charge in [0.05, 0.1) is 0 Å². The quantitative estimate of drug-likeness (QED) is 0.383. The fourth-order valence-corrected chi connectivity index (χ4v) is 2.20. The second kappa shape index (κ2) is 7.99. The van der Waals surface area contributed by atoms with Gasteiger partial charge < -0.3 is 4.79 Å². The maximum Gasteiger partial charge on any atom is 0.159 e. The number of hydrogen-bond donors (Lipinski definition) is 0. The molecule has 0 unspecified atom stereocenters. The summed E-state index contributed by atoms with van der Waals surface area (Å²) < 4.78 is 0. The molecular formula is C15H22O2. The lowest BCUT2D eigenvalue weighted by atomic mass is 9.99. The van der Waals surface area contributed by atoms with E-state index in [1.165, 1.54) is 19.3 Å². The summed E-state index contributed by atoms with van der Waals surface area (Å²) in [6, 6.07) is 0. The normalized spacial score (nSPS) is 22.8. The minimum absolute atomic E-state index is 0.167. The molecule has 0 saturated heterocycles. The van der Waals surface area contributed by atoms with Gasteiger partial charge in [0.2, 0.25) is 0 Å².